The van der Waals surface area contributed by atoms with Gasteiger partial charge < -0.3 is 4.74 Å². The van der Waals surface area contributed by atoms with E-state index in [9.17, 15) is 18.0 Å². The molecule has 2 aromatic rings. The summed E-state index contributed by atoms with van der Waals surface area (Å²) in [6.45, 7) is 0. The van der Waals surface area contributed by atoms with Crippen molar-refractivity contribution in [2.24, 2.45) is 0 Å². The molecular weight excluding hydrogens is 293 g/mol. The lowest BCUT2D eigenvalue weighted by Gasteiger charge is -2.09. The molecule has 2 nitrogen and oxygen atoms in total. The van der Waals surface area contributed by atoms with E-state index in [0.29, 0.717) is 17.6 Å². The largest absolute Gasteiger partial charge is 0.457 e. The topological polar surface area (TPSA) is 26.3 Å². The van der Waals surface area contributed by atoms with Crippen LogP contribution in [0.25, 0.3) is 0 Å². The van der Waals surface area contributed by atoms with Gasteiger partial charge in [0.25, 0.3) is 0 Å². The van der Waals surface area contributed by atoms with Crippen LogP contribution in [0.5, 0.6) is 11.5 Å². The first-order chi connectivity index (χ1) is 9.40. The number of carbonyl (C=O) groups excluding carboxylic acids is 1. The summed E-state index contributed by atoms with van der Waals surface area (Å²) in [5, 5.41) is 0.212. The van der Waals surface area contributed by atoms with Crippen molar-refractivity contribution in [3.8, 4) is 11.5 Å². The highest BCUT2D eigenvalue weighted by Crippen LogP contribution is 2.32. The quantitative estimate of drug-likeness (QED) is 0.749. The van der Waals surface area contributed by atoms with Crippen LogP contribution in [0, 0.1) is 0 Å². The highest BCUT2D eigenvalue weighted by atomic mass is 35.5. The number of rotatable bonds is 3. The van der Waals surface area contributed by atoms with Gasteiger partial charge in [-0.25, -0.2) is 0 Å². The first kappa shape index (κ1) is 14.4. The zero-order valence-corrected chi connectivity index (χ0v) is 10.7. The molecular formula is C14H8ClF3O2. The van der Waals surface area contributed by atoms with Gasteiger partial charge in [-0.1, -0.05) is 11.6 Å². The maximum absolute atomic E-state index is 12.4. The molecule has 104 valence electrons. The fourth-order valence-electron chi connectivity index (χ4n) is 1.51. The predicted molar refractivity (Wildman–Crippen MR) is 68.4 cm³/mol. The number of ether oxygens (including phenoxy) is 1. The van der Waals surface area contributed by atoms with Crippen LogP contribution >= 0.6 is 11.6 Å². The Morgan fingerprint density at radius 1 is 1.00 bits per heavy atom. The lowest BCUT2D eigenvalue weighted by Crippen LogP contribution is -2.03. The third kappa shape index (κ3) is 3.30. The summed E-state index contributed by atoms with van der Waals surface area (Å²) in [6.07, 6.45) is -3.78. The Morgan fingerprint density at radius 3 is 2.10 bits per heavy atom. The van der Waals surface area contributed by atoms with Crippen molar-refractivity contribution in [2.75, 3.05) is 0 Å². The maximum atomic E-state index is 12.4. The molecule has 0 aliphatic rings. The van der Waals surface area contributed by atoms with Crippen LogP contribution in [0.2, 0.25) is 5.02 Å². The van der Waals surface area contributed by atoms with E-state index in [4.69, 9.17) is 16.3 Å². The van der Waals surface area contributed by atoms with E-state index >= 15 is 0 Å². The second-order valence-corrected chi connectivity index (χ2v) is 4.33. The molecule has 0 aromatic heterocycles. The second-order valence-electron chi connectivity index (χ2n) is 3.93. The van der Waals surface area contributed by atoms with Crippen molar-refractivity contribution in [3.05, 3.63) is 58.6 Å². The van der Waals surface area contributed by atoms with Gasteiger partial charge in [-0.15, -0.1) is 0 Å². The third-order valence-electron chi connectivity index (χ3n) is 2.52. The number of hydrogen-bond donors (Lipinski definition) is 0. The second kappa shape index (κ2) is 5.54. The molecule has 0 aliphatic heterocycles. The first-order valence-electron chi connectivity index (χ1n) is 5.50. The van der Waals surface area contributed by atoms with Crippen LogP contribution in [0.1, 0.15) is 15.9 Å². The smallest absolute Gasteiger partial charge is 0.416 e. The van der Waals surface area contributed by atoms with Crippen molar-refractivity contribution in [2.45, 2.75) is 6.18 Å². The van der Waals surface area contributed by atoms with E-state index in [0.717, 1.165) is 12.1 Å². The van der Waals surface area contributed by atoms with E-state index in [-0.39, 0.29) is 10.8 Å². The van der Waals surface area contributed by atoms with Gasteiger partial charge in [-0.3, -0.25) is 4.79 Å². The van der Waals surface area contributed by atoms with Gasteiger partial charge in [0, 0.05) is 11.6 Å². The normalized spacial score (nSPS) is 11.2. The summed E-state index contributed by atoms with van der Waals surface area (Å²) in [4.78, 5) is 10.6. The molecule has 20 heavy (non-hydrogen) atoms. The number of hydrogen-bond acceptors (Lipinski definition) is 2. The highest BCUT2D eigenvalue weighted by Gasteiger charge is 2.30. The molecule has 0 atom stereocenters. The average molecular weight is 301 g/mol. The van der Waals surface area contributed by atoms with Gasteiger partial charge in [0.05, 0.1) is 10.6 Å². The summed E-state index contributed by atoms with van der Waals surface area (Å²) in [7, 11) is 0. The van der Waals surface area contributed by atoms with Crippen molar-refractivity contribution in [3.63, 3.8) is 0 Å². The first-order valence-corrected chi connectivity index (χ1v) is 5.88. The molecule has 6 heteroatoms. The van der Waals surface area contributed by atoms with Crippen LogP contribution in [-0.2, 0) is 6.18 Å². The average Bonchev–Trinajstić information content (AvgIpc) is 2.38. The minimum Gasteiger partial charge on any atom is -0.457 e. The minimum atomic E-state index is -4.38. The Kier molecular flexibility index (Phi) is 3.99. The fraction of sp³-hybridized carbons (Fsp3) is 0.0714. The van der Waals surface area contributed by atoms with E-state index in [1.165, 1.54) is 30.3 Å². The zero-order valence-electron chi connectivity index (χ0n) is 9.95. The molecule has 0 saturated heterocycles. The van der Waals surface area contributed by atoms with Gasteiger partial charge in [-0.2, -0.15) is 13.2 Å². The van der Waals surface area contributed by atoms with Crippen molar-refractivity contribution in [1.29, 1.82) is 0 Å². The van der Waals surface area contributed by atoms with Crippen molar-refractivity contribution >= 4 is 17.9 Å². The highest BCUT2D eigenvalue weighted by molar-refractivity contribution is 6.33. The Hall–Kier alpha value is -2.01. The molecule has 0 bridgehead atoms. The summed E-state index contributed by atoms with van der Waals surface area (Å²) < 4.78 is 42.5. The number of aldehydes is 1. The number of benzene rings is 2. The SMILES string of the molecule is O=Cc1ccc(Oc2ccc(C(F)(F)F)cc2)cc1Cl. The third-order valence-corrected chi connectivity index (χ3v) is 2.84. The molecule has 2 aromatic carbocycles. The lowest BCUT2D eigenvalue weighted by atomic mass is 10.2. The van der Waals surface area contributed by atoms with Gasteiger partial charge in [-0.05, 0) is 36.4 Å². The molecule has 0 amide bonds. The van der Waals surface area contributed by atoms with Gasteiger partial charge >= 0.3 is 6.18 Å². The molecule has 0 saturated carbocycles. The Balaban J connectivity index is 2.18. The summed E-state index contributed by atoms with van der Waals surface area (Å²) in [5.74, 6) is 0.577. The van der Waals surface area contributed by atoms with Crippen LogP contribution in [0.15, 0.2) is 42.5 Å². The Morgan fingerprint density at radius 2 is 1.60 bits per heavy atom. The number of halogens is 4. The number of carbonyl (C=O) groups is 1. The molecule has 0 heterocycles. The Labute approximate surface area is 117 Å². The predicted octanol–water partition coefficient (Wildman–Crippen LogP) is 4.96. The summed E-state index contributed by atoms with van der Waals surface area (Å²) >= 11 is 5.82. The maximum Gasteiger partial charge on any atom is 0.416 e. The Bertz CT molecular complexity index is 621. The van der Waals surface area contributed by atoms with Crippen LogP contribution in [0.3, 0.4) is 0 Å². The van der Waals surface area contributed by atoms with Crippen LogP contribution in [-0.4, -0.2) is 6.29 Å². The molecule has 0 spiro atoms. The molecule has 0 aliphatic carbocycles. The standard InChI is InChI=1S/C14H8ClF3O2/c15-13-7-12(4-1-9(13)8-19)20-11-5-2-10(3-6-11)14(16,17)18/h1-8H. The van der Waals surface area contributed by atoms with E-state index in [1.807, 2.05) is 0 Å². The van der Waals surface area contributed by atoms with Gasteiger partial charge in [0.15, 0.2) is 6.29 Å². The monoisotopic (exact) mass is 300 g/mol. The summed E-state index contributed by atoms with van der Waals surface area (Å²) in [6, 6.07) is 8.67. The fourth-order valence-corrected chi connectivity index (χ4v) is 1.73. The number of alkyl halides is 3. The van der Waals surface area contributed by atoms with E-state index < -0.39 is 11.7 Å². The molecule has 0 fully saturated rings. The zero-order chi connectivity index (χ0) is 14.8. The lowest BCUT2D eigenvalue weighted by molar-refractivity contribution is -0.137. The van der Waals surface area contributed by atoms with Crippen molar-refractivity contribution in [1.82, 2.24) is 0 Å². The van der Waals surface area contributed by atoms with E-state index in [2.05, 4.69) is 0 Å². The van der Waals surface area contributed by atoms with Gasteiger partial charge in [0.1, 0.15) is 11.5 Å². The molecule has 2 rings (SSSR count). The van der Waals surface area contributed by atoms with Crippen LogP contribution < -0.4 is 4.74 Å². The summed E-state index contributed by atoms with van der Waals surface area (Å²) in [5.41, 5.74) is -0.439. The molecule has 0 radical (unpaired) electrons. The van der Waals surface area contributed by atoms with Crippen LogP contribution in [0.4, 0.5) is 13.2 Å². The minimum absolute atomic E-state index is 0.212. The van der Waals surface area contributed by atoms with Crippen molar-refractivity contribution < 1.29 is 22.7 Å². The molecule has 0 N–H and O–H groups in total. The van der Waals surface area contributed by atoms with E-state index in [1.54, 1.807) is 0 Å². The molecule has 0 unspecified atom stereocenters. The van der Waals surface area contributed by atoms with Gasteiger partial charge in [0.2, 0.25) is 0 Å².